The number of nitrogens with zero attached hydrogens (tertiary/aromatic N) is 2. The van der Waals surface area contributed by atoms with Crippen molar-refractivity contribution in [2.45, 2.75) is 12.8 Å². The minimum atomic E-state index is 0.717. The molecule has 0 fully saturated rings. The first-order chi connectivity index (χ1) is 6.31. The summed E-state index contributed by atoms with van der Waals surface area (Å²) in [6.45, 7) is 1.13. The second-order valence-electron chi connectivity index (χ2n) is 3.38. The molecule has 0 aromatic carbocycles. The van der Waals surface area contributed by atoms with Crippen LogP contribution >= 0.6 is 0 Å². The molecule has 0 radical (unpaired) electrons. The topological polar surface area (TPSA) is 25.4 Å². The number of hydrogen-bond acceptors (Lipinski definition) is 3. The molecule has 0 atom stereocenters. The highest BCUT2D eigenvalue weighted by Gasteiger charge is 2.14. The lowest BCUT2D eigenvalue weighted by atomic mass is 10.0. The van der Waals surface area contributed by atoms with E-state index in [1.165, 1.54) is 17.7 Å². The number of aryl methyl sites for hydroxylation is 1. The second-order valence-corrected chi connectivity index (χ2v) is 3.38. The highest BCUT2D eigenvalue weighted by Crippen LogP contribution is 2.27. The summed E-state index contributed by atoms with van der Waals surface area (Å²) >= 11 is 0. The van der Waals surface area contributed by atoms with Gasteiger partial charge in [0.2, 0.25) is 5.88 Å². The Labute approximate surface area is 78.3 Å². The molecule has 13 heavy (non-hydrogen) atoms. The largest absolute Gasteiger partial charge is 0.481 e. The highest BCUT2D eigenvalue weighted by molar-refractivity contribution is 5.54. The van der Waals surface area contributed by atoms with Crippen molar-refractivity contribution in [3.63, 3.8) is 0 Å². The van der Waals surface area contributed by atoms with Crippen LogP contribution in [0.4, 0.5) is 5.69 Å². The van der Waals surface area contributed by atoms with Crippen LogP contribution < -0.4 is 9.64 Å². The summed E-state index contributed by atoms with van der Waals surface area (Å²) < 4.78 is 5.09. The third-order valence-corrected chi connectivity index (χ3v) is 2.50. The Morgan fingerprint density at radius 2 is 2.38 bits per heavy atom. The van der Waals surface area contributed by atoms with E-state index in [0.717, 1.165) is 13.0 Å². The van der Waals surface area contributed by atoms with E-state index in [-0.39, 0.29) is 0 Å². The summed E-state index contributed by atoms with van der Waals surface area (Å²) in [5.41, 5.74) is 2.59. The molecule has 0 saturated heterocycles. The van der Waals surface area contributed by atoms with E-state index in [1.807, 2.05) is 12.3 Å². The van der Waals surface area contributed by atoms with Gasteiger partial charge in [0.1, 0.15) is 0 Å². The minimum Gasteiger partial charge on any atom is -0.481 e. The fourth-order valence-electron chi connectivity index (χ4n) is 1.75. The third-order valence-electron chi connectivity index (χ3n) is 2.50. The van der Waals surface area contributed by atoms with Crippen LogP contribution in [0, 0.1) is 0 Å². The maximum Gasteiger partial charge on any atom is 0.213 e. The average Bonchev–Trinajstić information content (AvgIpc) is 2.18. The van der Waals surface area contributed by atoms with Gasteiger partial charge >= 0.3 is 0 Å². The van der Waals surface area contributed by atoms with Crippen LogP contribution in [0.5, 0.6) is 5.88 Å². The molecule has 1 aromatic heterocycles. The molecule has 0 N–H and O–H groups in total. The monoisotopic (exact) mass is 178 g/mol. The molecule has 1 aromatic rings. The Balaban J connectivity index is 2.39. The zero-order chi connectivity index (χ0) is 9.26. The zero-order valence-electron chi connectivity index (χ0n) is 8.08. The van der Waals surface area contributed by atoms with Crippen LogP contribution in [0.1, 0.15) is 12.0 Å². The van der Waals surface area contributed by atoms with E-state index in [2.05, 4.69) is 16.9 Å². The van der Waals surface area contributed by atoms with Gasteiger partial charge in [0.15, 0.2) is 0 Å². The molecule has 0 amide bonds. The van der Waals surface area contributed by atoms with Crippen LogP contribution in [0.25, 0.3) is 0 Å². The standard InChI is InChI=1S/C10H14N2O/c1-12-5-3-4-8-6-10(13-2)11-7-9(8)12/h6-7H,3-5H2,1-2H3. The smallest absolute Gasteiger partial charge is 0.213 e. The van der Waals surface area contributed by atoms with Crippen molar-refractivity contribution in [3.8, 4) is 5.88 Å². The first-order valence-corrected chi connectivity index (χ1v) is 4.55. The molecule has 0 unspecified atom stereocenters. The van der Waals surface area contributed by atoms with Gasteiger partial charge < -0.3 is 9.64 Å². The fourth-order valence-corrected chi connectivity index (χ4v) is 1.75. The lowest BCUT2D eigenvalue weighted by Crippen LogP contribution is -2.24. The lowest BCUT2D eigenvalue weighted by molar-refractivity contribution is 0.397. The van der Waals surface area contributed by atoms with Crippen LogP contribution in [-0.4, -0.2) is 25.7 Å². The van der Waals surface area contributed by atoms with Gasteiger partial charge in [-0.3, -0.25) is 0 Å². The normalized spacial score (nSPS) is 15.4. The van der Waals surface area contributed by atoms with E-state index in [9.17, 15) is 0 Å². The molecule has 2 heterocycles. The number of ether oxygens (including phenoxy) is 1. The van der Waals surface area contributed by atoms with Gasteiger partial charge in [-0.05, 0) is 18.4 Å². The summed E-state index contributed by atoms with van der Waals surface area (Å²) in [5.74, 6) is 0.717. The minimum absolute atomic E-state index is 0.717. The van der Waals surface area contributed by atoms with Crippen LogP contribution in [-0.2, 0) is 6.42 Å². The zero-order valence-corrected chi connectivity index (χ0v) is 8.08. The summed E-state index contributed by atoms with van der Waals surface area (Å²) in [6.07, 6.45) is 4.25. The van der Waals surface area contributed by atoms with Crippen LogP contribution in [0.2, 0.25) is 0 Å². The molecule has 0 bridgehead atoms. The Bertz CT molecular complexity index is 312. The molecule has 0 saturated carbocycles. The molecule has 0 spiro atoms. The molecule has 2 rings (SSSR count). The Morgan fingerprint density at radius 3 is 3.15 bits per heavy atom. The van der Waals surface area contributed by atoms with Crippen molar-refractivity contribution >= 4 is 5.69 Å². The van der Waals surface area contributed by atoms with E-state index in [4.69, 9.17) is 4.74 Å². The van der Waals surface area contributed by atoms with Crippen molar-refractivity contribution in [1.82, 2.24) is 4.98 Å². The van der Waals surface area contributed by atoms with E-state index in [1.54, 1.807) is 7.11 Å². The number of pyridine rings is 1. The number of aromatic nitrogens is 1. The quantitative estimate of drug-likeness (QED) is 0.651. The van der Waals surface area contributed by atoms with Gasteiger partial charge in [0.25, 0.3) is 0 Å². The predicted octanol–water partition coefficient (Wildman–Crippen LogP) is 1.47. The molecule has 3 heteroatoms. The lowest BCUT2D eigenvalue weighted by Gasteiger charge is -2.26. The average molecular weight is 178 g/mol. The van der Waals surface area contributed by atoms with Gasteiger partial charge in [0, 0.05) is 19.7 Å². The molecule has 0 aliphatic carbocycles. The van der Waals surface area contributed by atoms with E-state index >= 15 is 0 Å². The van der Waals surface area contributed by atoms with Crippen molar-refractivity contribution in [3.05, 3.63) is 17.8 Å². The maximum atomic E-state index is 5.09. The summed E-state index contributed by atoms with van der Waals surface area (Å²) in [4.78, 5) is 6.44. The molecular weight excluding hydrogens is 164 g/mol. The number of hydrogen-bond donors (Lipinski definition) is 0. The SMILES string of the molecule is COc1cc2c(cn1)N(C)CCC2. The number of fused-ring (bicyclic) bond motifs is 1. The molecular formula is C10H14N2O. The molecule has 1 aliphatic rings. The van der Waals surface area contributed by atoms with Gasteiger partial charge in [-0.2, -0.15) is 0 Å². The van der Waals surface area contributed by atoms with E-state index < -0.39 is 0 Å². The predicted molar refractivity (Wildman–Crippen MR) is 52.4 cm³/mol. The number of methoxy groups -OCH3 is 1. The van der Waals surface area contributed by atoms with Crippen molar-refractivity contribution in [2.75, 3.05) is 25.6 Å². The first kappa shape index (κ1) is 8.35. The number of anilines is 1. The van der Waals surface area contributed by atoms with Gasteiger partial charge in [-0.25, -0.2) is 4.98 Å². The van der Waals surface area contributed by atoms with Crippen LogP contribution in [0.3, 0.4) is 0 Å². The van der Waals surface area contributed by atoms with Gasteiger partial charge in [0.05, 0.1) is 19.0 Å². The summed E-state index contributed by atoms with van der Waals surface area (Å²) in [5, 5.41) is 0. The third kappa shape index (κ3) is 1.46. The number of rotatable bonds is 1. The van der Waals surface area contributed by atoms with E-state index in [0.29, 0.717) is 5.88 Å². The highest BCUT2D eigenvalue weighted by atomic mass is 16.5. The van der Waals surface area contributed by atoms with Gasteiger partial charge in [-0.1, -0.05) is 0 Å². The molecule has 70 valence electrons. The van der Waals surface area contributed by atoms with Crippen molar-refractivity contribution < 1.29 is 4.74 Å². The summed E-state index contributed by atoms with van der Waals surface area (Å²) in [6, 6.07) is 2.03. The second kappa shape index (κ2) is 3.24. The van der Waals surface area contributed by atoms with Crippen molar-refractivity contribution in [1.29, 1.82) is 0 Å². The Hall–Kier alpha value is -1.25. The first-order valence-electron chi connectivity index (χ1n) is 4.55. The molecule has 3 nitrogen and oxygen atoms in total. The van der Waals surface area contributed by atoms with Crippen LogP contribution in [0.15, 0.2) is 12.3 Å². The Kier molecular flexibility index (Phi) is 2.08. The summed E-state index contributed by atoms with van der Waals surface area (Å²) in [7, 11) is 3.76. The Morgan fingerprint density at radius 1 is 1.54 bits per heavy atom. The van der Waals surface area contributed by atoms with Crippen molar-refractivity contribution in [2.24, 2.45) is 0 Å². The maximum absolute atomic E-state index is 5.09. The van der Waals surface area contributed by atoms with Gasteiger partial charge in [-0.15, -0.1) is 0 Å². The fraction of sp³-hybridized carbons (Fsp3) is 0.500. The molecule has 1 aliphatic heterocycles.